The molecule has 0 bridgehead atoms. The van der Waals surface area contributed by atoms with Crippen molar-refractivity contribution in [1.82, 2.24) is 9.13 Å². The van der Waals surface area contributed by atoms with Crippen molar-refractivity contribution in [2.75, 3.05) is 0 Å². The van der Waals surface area contributed by atoms with Gasteiger partial charge in [0.05, 0.1) is 60.7 Å². The zero-order valence-electron chi connectivity index (χ0n) is 47.4. The molecule has 8 aromatic carbocycles. The Hall–Kier alpha value is -6.80. The molecule has 80 heavy (non-hydrogen) atoms. The predicted octanol–water partition coefficient (Wildman–Crippen LogP) is 16.6. The van der Waals surface area contributed by atoms with Crippen LogP contribution >= 0.6 is 11.6 Å². The van der Waals surface area contributed by atoms with Crippen molar-refractivity contribution in [2.45, 2.75) is 117 Å². The van der Waals surface area contributed by atoms with E-state index in [9.17, 15) is 0 Å². The second-order valence-electron chi connectivity index (χ2n) is 24.4. The molecule has 0 N–H and O–H groups in total. The third-order valence-corrected chi connectivity index (χ3v) is 18.1. The fraction of sp³-hybridized carbons (Fsp3) is 0.273. The lowest BCUT2D eigenvalue weighted by Crippen LogP contribution is -2.41. The molecule has 7 heterocycles. The Labute approximate surface area is 472 Å². The van der Waals surface area contributed by atoms with Crippen LogP contribution in [0.5, 0.6) is 0 Å². The highest BCUT2D eigenvalue weighted by Crippen LogP contribution is 2.47. The maximum atomic E-state index is 6.82. The quantitative estimate of drug-likeness (QED) is 0.161. The summed E-state index contributed by atoms with van der Waals surface area (Å²) in [6.07, 6.45) is 0. The van der Waals surface area contributed by atoms with E-state index in [2.05, 4.69) is 158 Å². The van der Waals surface area contributed by atoms with Crippen LogP contribution in [-0.2, 0) is 27.9 Å². The summed E-state index contributed by atoms with van der Waals surface area (Å²) >= 11 is 6.82. The third-order valence-electron chi connectivity index (χ3n) is 17.8. The number of benzene rings is 8. The third kappa shape index (κ3) is 8.25. The highest BCUT2D eigenvalue weighted by Gasteiger charge is 2.64. The van der Waals surface area contributed by atoms with Gasteiger partial charge in [-0.3, -0.25) is 0 Å². The van der Waals surface area contributed by atoms with Crippen molar-refractivity contribution in [1.29, 1.82) is 0 Å². The molecule has 0 atom stereocenters. The Morgan fingerprint density at radius 3 is 1.12 bits per heavy atom. The number of nitrogens with zero attached hydrogens (tertiary/aromatic N) is 2. The van der Waals surface area contributed by atoms with Gasteiger partial charge >= 0.3 is 21.1 Å². The zero-order chi connectivity index (χ0) is 55.9. The van der Waals surface area contributed by atoms with E-state index in [0.717, 1.165) is 109 Å². The Morgan fingerprint density at radius 2 is 0.688 bits per heavy atom. The molecule has 402 valence electrons. The van der Waals surface area contributed by atoms with E-state index in [4.69, 9.17) is 48.4 Å². The first-order valence-electron chi connectivity index (χ1n) is 27.6. The van der Waals surface area contributed by atoms with Gasteiger partial charge in [0, 0.05) is 54.5 Å². The number of furan rings is 2. The largest absolute Gasteiger partial charge is 0.495 e. The van der Waals surface area contributed by atoms with Crippen molar-refractivity contribution in [2.24, 2.45) is 0 Å². The molecule has 14 heteroatoms. The number of aromatic nitrogens is 2. The van der Waals surface area contributed by atoms with E-state index in [1.54, 1.807) is 0 Å². The summed E-state index contributed by atoms with van der Waals surface area (Å²) in [6, 6.07) is 58.3. The Kier molecular flexibility index (Phi) is 12.2. The van der Waals surface area contributed by atoms with Crippen LogP contribution in [0.15, 0.2) is 179 Å². The van der Waals surface area contributed by atoms with E-state index < -0.39 is 32.3 Å². The number of fused-ring (bicyclic) bond motifs is 14. The number of hydrogen-bond acceptors (Lipinski definition) is 8. The Bertz CT molecular complexity index is 4300. The first-order chi connectivity index (χ1) is 38.1. The molecule has 10 nitrogen and oxygen atoms in total. The summed E-state index contributed by atoms with van der Waals surface area (Å²) < 4.78 is 54.5. The minimum absolute atomic E-state index is 0.360. The standard InChI is InChI=1S/C30H26BNO3.C24H14ClNO.C12H24B2O4/c1-29(2)30(3,4)35-31(34-29)23-18-22-20-14-9-11-17-25(20)33-28(22)27-26(23)21-15-8-10-16-24(21)32(27)19-12-6-5-7-13-19;25-19-14-18-16-10-5-7-13-21(16)27-24(18)23-22(19)17-11-4-6-12-20(17)26(23)15-8-2-1-3-9-15;1-9(2)10(3,4)16-13(15-9)14-17-11(5,6)12(7,8)18-14/h5-18H,1-4H3;1-14H;1-8H3. The fourth-order valence-electron chi connectivity index (χ4n) is 11.5. The molecule has 0 spiro atoms. The molecule has 0 amide bonds. The molecule has 3 aliphatic heterocycles. The molecule has 3 fully saturated rings. The van der Waals surface area contributed by atoms with Crippen LogP contribution in [0, 0.1) is 0 Å². The predicted molar refractivity (Wildman–Crippen MR) is 329 cm³/mol. The van der Waals surface area contributed by atoms with Crippen LogP contribution in [0.1, 0.15) is 83.1 Å². The van der Waals surface area contributed by atoms with Crippen LogP contribution in [0.2, 0.25) is 5.02 Å². The second kappa shape index (κ2) is 18.6. The molecule has 15 rings (SSSR count). The summed E-state index contributed by atoms with van der Waals surface area (Å²) in [5.74, 6) is 0. The lowest BCUT2D eigenvalue weighted by Gasteiger charge is -2.32. The fourth-order valence-corrected chi connectivity index (χ4v) is 11.8. The molecular formula is C66H64B3ClN2O8. The van der Waals surface area contributed by atoms with Crippen molar-refractivity contribution < 1.29 is 36.8 Å². The number of rotatable bonds is 4. The average Bonchev–Trinajstić information content (AvgIpc) is 3.08. The first kappa shape index (κ1) is 52.6. The Balaban J connectivity index is 0.000000120. The highest BCUT2D eigenvalue weighted by molar-refractivity contribution is 7.11. The SMILES string of the molecule is CC1(C)OB(B2OC(C)(C)C(C)(C)O2)OC1(C)C.CC1(C)OB(c2cc3c4ccccc4oc3c3c2c2ccccc2n3-c2ccccc2)OC1(C)C.Clc1cc2c3ccccc3oc2c2c1c1ccccc1n2-c1ccccc1. The van der Waals surface area contributed by atoms with E-state index in [-0.39, 0.29) is 22.4 Å². The molecule has 3 saturated heterocycles. The van der Waals surface area contributed by atoms with Crippen molar-refractivity contribution in [3.8, 4) is 11.4 Å². The second-order valence-corrected chi connectivity index (χ2v) is 24.8. The smallest absolute Gasteiger partial charge is 0.454 e. The van der Waals surface area contributed by atoms with E-state index >= 15 is 0 Å². The summed E-state index contributed by atoms with van der Waals surface area (Å²) in [4.78, 5) is 0. The van der Waals surface area contributed by atoms with Crippen molar-refractivity contribution in [3.05, 3.63) is 175 Å². The van der Waals surface area contributed by atoms with Gasteiger partial charge in [0.1, 0.15) is 11.2 Å². The molecule has 0 aliphatic carbocycles. The van der Waals surface area contributed by atoms with Gasteiger partial charge < -0.3 is 45.9 Å². The zero-order valence-corrected chi connectivity index (χ0v) is 48.2. The van der Waals surface area contributed by atoms with Crippen molar-refractivity contribution in [3.63, 3.8) is 0 Å². The maximum absolute atomic E-state index is 6.82. The maximum Gasteiger partial charge on any atom is 0.495 e. The molecule has 0 unspecified atom stereocenters. The van der Waals surface area contributed by atoms with E-state index in [1.807, 2.05) is 104 Å². The first-order valence-corrected chi connectivity index (χ1v) is 28.0. The summed E-state index contributed by atoms with van der Waals surface area (Å²) in [7, 11) is -1.44. The molecule has 12 aromatic rings. The van der Waals surface area contributed by atoms with Crippen molar-refractivity contribution >= 4 is 126 Å². The van der Waals surface area contributed by atoms with Gasteiger partial charge in [0.15, 0.2) is 11.2 Å². The molecule has 0 radical (unpaired) electrons. The van der Waals surface area contributed by atoms with Gasteiger partial charge in [-0.15, -0.1) is 0 Å². The monoisotopic (exact) mass is 1080 g/mol. The number of para-hydroxylation sites is 6. The topological polar surface area (TPSA) is 91.5 Å². The molecule has 4 aromatic heterocycles. The molecule has 3 aliphatic rings. The summed E-state index contributed by atoms with van der Waals surface area (Å²) in [5, 5.41) is 9.45. The van der Waals surface area contributed by atoms with Gasteiger partial charge in [0.25, 0.3) is 0 Å². The minimum Gasteiger partial charge on any atom is -0.454 e. The van der Waals surface area contributed by atoms with Crippen LogP contribution in [0.3, 0.4) is 0 Å². The molecule has 0 saturated carbocycles. The lowest BCUT2D eigenvalue weighted by atomic mass is 9.49. The summed E-state index contributed by atoms with van der Waals surface area (Å²) in [5.41, 5.74) is 8.70. The average molecular weight is 1080 g/mol. The van der Waals surface area contributed by atoms with Gasteiger partial charge in [-0.25, -0.2) is 0 Å². The minimum atomic E-state index is -0.490. The van der Waals surface area contributed by atoms with Crippen LogP contribution < -0.4 is 5.46 Å². The highest BCUT2D eigenvalue weighted by atomic mass is 35.5. The van der Waals surface area contributed by atoms with Crippen LogP contribution in [0.4, 0.5) is 0 Å². The lowest BCUT2D eigenvalue weighted by molar-refractivity contribution is 0.00578. The van der Waals surface area contributed by atoms with E-state index in [1.165, 1.54) is 0 Å². The normalized spacial score (nSPS) is 18.8. The van der Waals surface area contributed by atoms with Gasteiger partial charge in [-0.2, -0.15) is 0 Å². The van der Waals surface area contributed by atoms with E-state index in [0.29, 0.717) is 0 Å². The Morgan fingerprint density at radius 1 is 0.350 bits per heavy atom. The number of hydrogen-bond donors (Lipinski definition) is 0. The van der Waals surface area contributed by atoms with Gasteiger partial charge in [-0.05, 0) is 149 Å². The number of halogens is 1. The summed E-state index contributed by atoms with van der Waals surface area (Å²) in [6.45, 7) is 24.6. The van der Waals surface area contributed by atoms with Gasteiger partial charge in [-0.1, -0.05) is 121 Å². The van der Waals surface area contributed by atoms with Crippen LogP contribution in [0.25, 0.3) is 98.9 Å². The molecular weight excluding hydrogens is 1020 g/mol. The van der Waals surface area contributed by atoms with Crippen LogP contribution in [-0.4, -0.2) is 63.9 Å². The van der Waals surface area contributed by atoms with Gasteiger partial charge in [0.2, 0.25) is 0 Å².